The quantitative estimate of drug-likeness (QED) is 0.452. The number of hydrogen-bond donors (Lipinski definition) is 0. The minimum atomic E-state index is -0.00370. The Morgan fingerprint density at radius 2 is 1.91 bits per heavy atom. The van der Waals surface area contributed by atoms with E-state index in [1.54, 1.807) is 12.0 Å². The van der Waals surface area contributed by atoms with Gasteiger partial charge in [0.15, 0.2) is 0 Å². The molecule has 0 aliphatic carbocycles. The molecule has 1 aliphatic rings. The average Bonchev–Trinajstić information content (AvgIpc) is 2.74. The van der Waals surface area contributed by atoms with Gasteiger partial charge in [0.05, 0.1) is 4.91 Å². The molecule has 23 heavy (non-hydrogen) atoms. The minimum absolute atomic E-state index is 0.00370. The van der Waals surface area contributed by atoms with Crippen molar-refractivity contribution in [2.24, 2.45) is 0 Å². The highest BCUT2D eigenvalue weighted by Crippen LogP contribution is 2.33. The van der Waals surface area contributed by atoms with Crippen molar-refractivity contribution in [3.05, 3.63) is 40.3 Å². The molecule has 1 saturated heterocycles. The topological polar surface area (TPSA) is 29.5 Å². The predicted molar refractivity (Wildman–Crippen MR) is 102 cm³/mol. The number of benzene rings is 1. The molecule has 0 atom stereocenters. The molecule has 1 fully saturated rings. The van der Waals surface area contributed by atoms with Crippen LogP contribution in [-0.4, -0.2) is 35.4 Å². The Bertz CT molecular complexity index is 615. The number of thioether (sulfide) groups is 1. The Morgan fingerprint density at radius 3 is 2.48 bits per heavy atom. The van der Waals surface area contributed by atoms with Crippen molar-refractivity contribution in [2.45, 2.75) is 32.6 Å². The first-order valence-electron chi connectivity index (χ1n) is 7.68. The molecule has 3 nitrogen and oxygen atoms in total. The largest absolute Gasteiger partial charge is 0.385 e. The zero-order valence-corrected chi connectivity index (χ0v) is 15.7. The summed E-state index contributed by atoms with van der Waals surface area (Å²) >= 11 is 6.69. The van der Waals surface area contributed by atoms with Gasteiger partial charge >= 0.3 is 0 Å². The molecule has 1 aromatic rings. The Hall–Kier alpha value is -1.17. The summed E-state index contributed by atoms with van der Waals surface area (Å²) in [5, 5.41) is 0. The molecule has 0 bridgehead atoms. The van der Waals surface area contributed by atoms with Crippen molar-refractivity contribution in [3.63, 3.8) is 0 Å². The van der Waals surface area contributed by atoms with Gasteiger partial charge in [-0.1, -0.05) is 69.0 Å². The van der Waals surface area contributed by atoms with Crippen LogP contribution in [-0.2, 0) is 14.9 Å². The molecule has 0 saturated carbocycles. The summed E-state index contributed by atoms with van der Waals surface area (Å²) in [5.74, 6) is -0.00370. The zero-order chi connectivity index (χ0) is 17.0. The van der Waals surface area contributed by atoms with Crippen LogP contribution < -0.4 is 0 Å². The maximum atomic E-state index is 12.4. The normalized spacial score (nSPS) is 17.4. The number of thiocarbonyl (C=S) groups is 1. The standard InChI is InChI=1S/C18H23NO2S2/c1-18(2,3)14-8-6-13(7-9-14)12-15-16(20)19(17(22)23-15)10-5-11-21-4/h6-9,12H,5,10-11H2,1-4H3/b15-12-. The van der Waals surface area contributed by atoms with Gasteiger partial charge in [-0.25, -0.2) is 0 Å². The highest BCUT2D eigenvalue weighted by Gasteiger charge is 2.31. The predicted octanol–water partition coefficient (Wildman–Crippen LogP) is 4.22. The molecule has 124 valence electrons. The third-order valence-corrected chi connectivity index (χ3v) is 5.06. The van der Waals surface area contributed by atoms with Gasteiger partial charge in [0.2, 0.25) is 0 Å². The minimum Gasteiger partial charge on any atom is -0.385 e. The van der Waals surface area contributed by atoms with Crippen molar-refractivity contribution < 1.29 is 9.53 Å². The van der Waals surface area contributed by atoms with Crippen LogP contribution in [0.5, 0.6) is 0 Å². The average molecular weight is 350 g/mol. The van der Waals surface area contributed by atoms with E-state index in [1.807, 2.05) is 6.08 Å². The fourth-order valence-corrected chi connectivity index (χ4v) is 3.60. The number of carbonyl (C=O) groups excluding carboxylic acids is 1. The summed E-state index contributed by atoms with van der Waals surface area (Å²) in [5.41, 5.74) is 2.43. The van der Waals surface area contributed by atoms with Gasteiger partial charge in [-0.05, 0) is 29.0 Å². The Balaban J connectivity index is 2.11. The number of hydrogen-bond acceptors (Lipinski definition) is 4. The number of amides is 1. The summed E-state index contributed by atoms with van der Waals surface area (Å²) in [7, 11) is 1.66. The van der Waals surface area contributed by atoms with Gasteiger partial charge in [-0.3, -0.25) is 9.69 Å². The molecular weight excluding hydrogens is 326 g/mol. The molecule has 1 aliphatic heterocycles. The van der Waals surface area contributed by atoms with Gasteiger partial charge in [0.1, 0.15) is 4.32 Å². The zero-order valence-electron chi connectivity index (χ0n) is 14.1. The molecule has 1 aromatic carbocycles. The van der Waals surface area contributed by atoms with Crippen LogP contribution in [0.2, 0.25) is 0 Å². The van der Waals surface area contributed by atoms with Crippen LogP contribution in [0.4, 0.5) is 0 Å². The molecule has 0 unspecified atom stereocenters. The Labute approximate surface area is 148 Å². The highest BCUT2D eigenvalue weighted by molar-refractivity contribution is 8.26. The van der Waals surface area contributed by atoms with Gasteiger partial charge in [0.25, 0.3) is 5.91 Å². The van der Waals surface area contributed by atoms with Crippen LogP contribution in [0, 0.1) is 0 Å². The first-order valence-corrected chi connectivity index (χ1v) is 8.90. The van der Waals surface area contributed by atoms with Crippen LogP contribution >= 0.6 is 24.0 Å². The smallest absolute Gasteiger partial charge is 0.266 e. The number of ether oxygens (including phenoxy) is 1. The maximum Gasteiger partial charge on any atom is 0.266 e. The van der Waals surface area contributed by atoms with Crippen LogP contribution in [0.3, 0.4) is 0 Å². The molecule has 1 heterocycles. The molecule has 1 amide bonds. The van der Waals surface area contributed by atoms with Gasteiger partial charge < -0.3 is 4.74 Å². The molecule has 0 N–H and O–H groups in total. The van der Waals surface area contributed by atoms with Crippen molar-refractivity contribution >= 4 is 40.3 Å². The first kappa shape index (κ1) is 18.2. The van der Waals surface area contributed by atoms with Gasteiger partial charge in [-0.2, -0.15) is 0 Å². The second-order valence-electron chi connectivity index (χ2n) is 6.55. The Morgan fingerprint density at radius 1 is 1.26 bits per heavy atom. The van der Waals surface area contributed by atoms with E-state index in [4.69, 9.17) is 17.0 Å². The van der Waals surface area contributed by atoms with E-state index in [1.165, 1.54) is 17.3 Å². The van der Waals surface area contributed by atoms with Gasteiger partial charge in [0, 0.05) is 20.3 Å². The fraction of sp³-hybridized carbons (Fsp3) is 0.444. The summed E-state index contributed by atoms with van der Waals surface area (Å²) in [6.07, 6.45) is 2.71. The summed E-state index contributed by atoms with van der Waals surface area (Å²) in [4.78, 5) is 14.8. The number of rotatable bonds is 5. The van der Waals surface area contributed by atoms with Crippen LogP contribution in [0.25, 0.3) is 6.08 Å². The van der Waals surface area contributed by atoms with E-state index in [-0.39, 0.29) is 11.3 Å². The van der Waals surface area contributed by atoms with Crippen molar-refractivity contribution in [1.29, 1.82) is 0 Å². The third-order valence-electron chi connectivity index (χ3n) is 3.68. The van der Waals surface area contributed by atoms with Gasteiger partial charge in [-0.15, -0.1) is 0 Å². The van der Waals surface area contributed by atoms with E-state index in [2.05, 4.69) is 45.0 Å². The van der Waals surface area contributed by atoms with Crippen molar-refractivity contribution in [2.75, 3.05) is 20.3 Å². The second kappa shape index (κ2) is 7.60. The lowest BCUT2D eigenvalue weighted by Crippen LogP contribution is -2.29. The van der Waals surface area contributed by atoms with E-state index < -0.39 is 0 Å². The lowest BCUT2D eigenvalue weighted by atomic mass is 9.87. The summed E-state index contributed by atoms with van der Waals surface area (Å²) in [6.45, 7) is 7.80. The van der Waals surface area contributed by atoms with Crippen LogP contribution in [0.15, 0.2) is 29.2 Å². The maximum absolute atomic E-state index is 12.4. The lowest BCUT2D eigenvalue weighted by molar-refractivity contribution is -0.122. The summed E-state index contributed by atoms with van der Waals surface area (Å²) < 4.78 is 5.66. The number of methoxy groups -OCH3 is 1. The third kappa shape index (κ3) is 4.66. The number of carbonyl (C=O) groups is 1. The van der Waals surface area contributed by atoms with E-state index in [9.17, 15) is 4.79 Å². The first-order chi connectivity index (χ1) is 10.8. The van der Waals surface area contributed by atoms with E-state index in [0.29, 0.717) is 22.4 Å². The molecular formula is C18H23NO2S2. The van der Waals surface area contributed by atoms with E-state index >= 15 is 0 Å². The lowest BCUT2D eigenvalue weighted by Gasteiger charge is -2.18. The number of nitrogens with zero attached hydrogens (tertiary/aromatic N) is 1. The highest BCUT2D eigenvalue weighted by atomic mass is 32.2. The van der Waals surface area contributed by atoms with Crippen molar-refractivity contribution in [3.8, 4) is 0 Å². The fourth-order valence-electron chi connectivity index (χ4n) is 2.29. The summed E-state index contributed by atoms with van der Waals surface area (Å²) in [6, 6.07) is 8.34. The van der Waals surface area contributed by atoms with Crippen molar-refractivity contribution in [1.82, 2.24) is 4.90 Å². The monoisotopic (exact) mass is 349 g/mol. The molecule has 0 aromatic heterocycles. The molecule has 2 rings (SSSR count). The second-order valence-corrected chi connectivity index (χ2v) is 8.23. The van der Waals surface area contributed by atoms with Crippen LogP contribution in [0.1, 0.15) is 38.3 Å². The molecule has 5 heteroatoms. The molecule has 0 spiro atoms. The van der Waals surface area contributed by atoms with E-state index in [0.717, 1.165) is 12.0 Å². The SMILES string of the molecule is COCCCN1C(=O)/C(=C/c2ccc(C(C)(C)C)cc2)SC1=S. The Kier molecular flexibility index (Phi) is 6.00. The molecule has 0 radical (unpaired) electrons.